The molecule has 1 aliphatic heterocycles. The van der Waals surface area contributed by atoms with Gasteiger partial charge in [0.2, 0.25) is 0 Å². The molecule has 1 saturated carbocycles. The maximum atomic E-state index is 5.50. The zero-order chi connectivity index (χ0) is 10.3. The van der Waals surface area contributed by atoms with E-state index in [1.807, 2.05) is 6.20 Å². The van der Waals surface area contributed by atoms with E-state index in [2.05, 4.69) is 14.9 Å². The van der Waals surface area contributed by atoms with Gasteiger partial charge in [0.05, 0.1) is 18.1 Å². The lowest BCUT2D eigenvalue weighted by molar-refractivity contribution is 0.549. The maximum Gasteiger partial charge on any atom is 0.147 e. The molecule has 4 nitrogen and oxygen atoms in total. The third kappa shape index (κ3) is 1.49. The Balaban J connectivity index is 1.81. The third-order valence-electron chi connectivity index (χ3n) is 3.60. The quantitative estimate of drug-likeness (QED) is 0.778. The average Bonchev–Trinajstić information content (AvgIpc) is 2.91. The van der Waals surface area contributed by atoms with Crippen LogP contribution in [0.25, 0.3) is 0 Å². The smallest absolute Gasteiger partial charge is 0.147 e. The first-order valence-corrected chi connectivity index (χ1v) is 5.64. The fourth-order valence-electron chi connectivity index (χ4n) is 2.81. The molecule has 2 unspecified atom stereocenters. The number of anilines is 1. The summed E-state index contributed by atoms with van der Waals surface area (Å²) in [7, 11) is 0. The number of hydrogen-bond acceptors (Lipinski definition) is 4. The Morgan fingerprint density at radius 3 is 2.80 bits per heavy atom. The van der Waals surface area contributed by atoms with Crippen molar-refractivity contribution in [2.75, 3.05) is 11.4 Å². The van der Waals surface area contributed by atoms with Crippen LogP contribution in [0.5, 0.6) is 0 Å². The SMILES string of the molecule is NCc1cnc(N2CC3CCC2C3)cn1. The zero-order valence-corrected chi connectivity index (χ0v) is 8.76. The average molecular weight is 204 g/mol. The van der Waals surface area contributed by atoms with Gasteiger partial charge in [-0.15, -0.1) is 0 Å². The van der Waals surface area contributed by atoms with Crippen LogP contribution in [-0.2, 0) is 6.54 Å². The Morgan fingerprint density at radius 2 is 2.27 bits per heavy atom. The molecular weight excluding hydrogens is 188 g/mol. The van der Waals surface area contributed by atoms with E-state index in [0.29, 0.717) is 12.6 Å². The van der Waals surface area contributed by atoms with Crippen molar-refractivity contribution < 1.29 is 0 Å². The number of nitrogens with zero attached hydrogens (tertiary/aromatic N) is 3. The first-order chi connectivity index (χ1) is 7.36. The Morgan fingerprint density at radius 1 is 1.33 bits per heavy atom. The van der Waals surface area contributed by atoms with Crippen molar-refractivity contribution in [2.24, 2.45) is 11.7 Å². The number of piperidine rings is 1. The first kappa shape index (κ1) is 9.09. The van der Waals surface area contributed by atoms with Gasteiger partial charge in [-0.2, -0.15) is 0 Å². The van der Waals surface area contributed by atoms with E-state index < -0.39 is 0 Å². The summed E-state index contributed by atoms with van der Waals surface area (Å²) < 4.78 is 0. The summed E-state index contributed by atoms with van der Waals surface area (Å²) in [5, 5.41) is 0. The molecule has 1 aromatic heterocycles. The van der Waals surface area contributed by atoms with Gasteiger partial charge in [0.15, 0.2) is 0 Å². The lowest BCUT2D eigenvalue weighted by atomic mass is 10.1. The van der Waals surface area contributed by atoms with Crippen LogP contribution >= 0.6 is 0 Å². The van der Waals surface area contributed by atoms with Crippen molar-refractivity contribution in [3.05, 3.63) is 18.1 Å². The van der Waals surface area contributed by atoms with Crippen LogP contribution in [0.3, 0.4) is 0 Å². The Kier molecular flexibility index (Phi) is 2.09. The molecule has 3 rings (SSSR count). The van der Waals surface area contributed by atoms with E-state index in [9.17, 15) is 0 Å². The Bertz CT molecular complexity index is 348. The molecule has 2 fully saturated rings. The molecule has 4 heteroatoms. The predicted molar refractivity (Wildman–Crippen MR) is 58.4 cm³/mol. The first-order valence-electron chi connectivity index (χ1n) is 5.64. The number of aromatic nitrogens is 2. The second-order valence-corrected chi connectivity index (χ2v) is 4.56. The van der Waals surface area contributed by atoms with Gasteiger partial charge in [-0.1, -0.05) is 0 Å². The van der Waals surface area contributed by atoms with E-state index in [1.165, 1.54) is 25.8 Å². The van der Waals surface area contributed by atoms with Gasteiger partial charge in [0.1, 0.15) is 5.82 Å². The van der Waals surface area contributed by atoms with Crippen molar-refractivity contribution >= 4 is 5.82 Å². The molecule has 2 N–H and O–H groups in total. The number of fused-ring (bicyclic) bond motifs is 2. The van der Waals surface area contributed by atoms with E-state index in [4.69, 9.17) is 5.73 Å². The molecular formula is C11H16N4. The summed E-state index contributed by atoms with van der Waals surface area (Å²) in [6, 6.07) is 0.716. The molecule has 0 radical (unpaired) electrons. The van der Waals surface area contributed by atoms with Gasteiger partial charge in [-0.3, -0.25) is 4.98 Å². The highest BCUT2D eigenvalue weighted by molar-refractivity contribution is 5.40. The molecule has 2 atom stereocenters. The molecule has 0 spiro atoms. The standard InChI is InChI=1S/C11H16N4/c12-4-9-5-14-11(6-13-9)15-7-8-1-2-10(15)3-8/h5-6,8,10H,1-4,7,12H2. The topological polar surface area (TPSA) is 55.0 Å². The second kappa shape index (κ2) is 3.45. The fraction of sp³-hybridized carbons (Fsp3) is 0.636. The largest absolute Gasteiger partial charge is 0.352 e. The van der Waals surface area contributed by atoms with Gasteiger partial charge in [-0.25, -0.2) is 4.98 Å². The Hall–Kier alpha value is -1.16. The van der Waals surface area contributed by atoms with E-state index >= 15 is 0 Å². The van der Waals surface area contributed by atoms with Crippen LogP contribution < -0.4 is 10.6 Å². The molecule has 0 aromatic carbocycles. The van der Waals surface area contributed by atoms with Crippen LogP contribution in [0.15, 0.2) is 12.4 Å². The third-order valence-corrected chi connectivity index (χ3v) is 3.60. The minimum atomic E-state index is 0.472. The van der Waals surface area contributed by atoms with Crippen molar-refractivity contribution in [3.63, 3.8) is 0 Å². The summed E-state index contributed by atoms with van der Waals surface area (Å²) in [4.78, 5) is 11.1. The summed E-state index contributed by atoms with van der Waals surface area (Å²) in [6.07, 6.45) is 7.73. The minimum Gasteiger partial charge on any atom is -0.352 e. The molecule has 1 aliphatic carbocycles. The van der Waals surface area contributed by atoms with Crippen LogP contribution in [0.4, 0.5) is 5.82 Å². The number of nitrogens with two attached hydrogens (primary N) is 1. The lowest BCUT2D eigenvalue weighted by Gasteiger charge is -2.27. The van der Waals surface area contributed by atoms with Gasteiger partial charge in [0.25, 0.3) is 0 Å². The summed E-state index contributed by atoms with van der Waals surface area (Å²) in [5.74, 6) is 1.92. The van der Waals surface area contributed by atoms with Gasteiger partial charge >= 0.3 is 0 Å². The molecule has 2 bridgehead atoms. The number of rotatable bonds is 2. The second-order valence-electron chi connectivity index (χ2n) is 4.56. The monoisotopic (exact) mass is 204 g/mol. The normalized spacial score (nSPS) is 28.7. The van der Waals surface area contributed by atoms with E-state index in [0.717, 1.165) is 17.4 Å². The molecule has 0 amide bonds. The fourth-order valence-corrected chi connectivity index (χ4v) is 2.81. The highest BCUT2D eigenvalue weighted by Crippen LogP contribution is 2.39. The summed E-state index contributed by atoms with van der Waals surface area (Å²) >= 11 is 0. The van der Waals surface area contributed by atoms with Crippen molar-refractivity contribution in [1.29, 1.82) is 0 Å². The van der Waals surface area contributed by atoms with Crippen molar-refractivity contribution in [1.82, 2.24) is 9.97 Å². The van der Waals surface area contributed by atoms with E-state index in [1.54, 1.807) is 6.20 Å². The van der Waals surface area contributed by atoms with E-state index in [-0.39, 0.29) is 0 Å². The molecule has 2 heterocycles. The summed E-state index contributed by atoms with van der Waals surface area (Å²) in [5.41, 5.74) is 6.36. The molecule has 2 aliphatic rings. The minimum absolute atomic E-state index is 0.472. The van der Waals surface area contributed by atoms with Gasteiger partial charge < -0.3 is 10.6 Å². The van der Waals surface area contributed by atoms with Crippen LogP contribution in [0.1, 0.15) is 25.0 Å². The highest BCUT2D eigenvalue weighted by atomic mass is 15.2. The highest BCUT2D eigenvalue weighted by Gasteiger charge is 2.38. The molecule has 15 heavy (non-hydrogen) atoms. The zero-order valence-electron chi connectivity index (χ0n) is 8.76. The molecule has 80 valence electrons. The van der Waals surface area contributed by atoms with Gasteiger partial charge in [0, 0.05) is 19.1 Å². The predicted octanol–water partition coefficient (Wildman–Crippen LogP) is 0.924. The lowest BCUT2D eigenvalue weighted by Crippen LogP contribution is -2.32. The maximum absolute atomic E-state index is 5.50. The Labute approximate surface area is 89.5 Å². The van der Waals surface area contributed by atoms with Crippen molar-refractivity contribution in [2.45, 2.75) is 31.8 Å². The van der Waals surface area contributed by atoms with Crippen LogP contribution in [-0.4, -0.2) is 22.6 Å². The summed E-state index contributed by atoms with van der Waals surface area (Å²) in [6.45, 7) is 1.64. The van der Waals surface area contributed by atoms with Crippen LogP contribution in [0.2, 0.25) is 0 Å². The van der Waals surface area contributed by atoms with Gasteiger partial charge in [-0.05, 0) is 25.2 Å². The van der Waals surface area contributed by atoms with Crippen molar-refractivity contribution in [3.8, 4) is 0 Å². The molecule has 1 saturated heterocycles. The number of hydrogen-bond donors (Lipinski definition) is 1. The van der Waals surface area contributed by atoms with Crippen LogP contribution in [0, 0.1) is 5.92 Å². The molecule has 1 aromatic rings.